The maximum absolute atomic E-state index is 13.7. The standard InChI is InChI=1S/C26H29N3O6S/c1-17(2)23-8-6-7-19(4)26(23)27-25(30)16-28(20-10-12-21(35-5)13-11-20)36(33,34)22-14-9-18(3)24(15-22)29(31)32/h6-15,17H,16H2,1-5H3,(H,27,30). The summed E-state index contributed by atoms with van der Waals surface area (Å²) in [5, 5.41) is 14.3. The summed E-state index contributed by atoms with van der Waals surface area (Å²) in [4.78, 5) is 23.7. The van der Waals surface area contributed by atoms with Crippen molar-refractivity contribution in [3.05, 3.63) is 87.5 Å². The van der Waals surface area contributed by atoms with Crippen LogP contribution in [0, 0.1) is 24.0 Å². The molecule has 0 aliphatic heterocycles. The summed E-state index contributed by atoms with van der Waals surface area (Å²) in [6.07, 6.45) is 0. The minimum atomic E-state index is -4.34. The monoisotopic (exact) mass is 511 g/mol. The summed E-state index contributed by atoms with van der Waals surface area (Å²) >= 11 is 0. The highest BCUT2D eigenvalue weighted by atomic mass is 32.2. The number of nitrogens with zero attached hydrogens (tertiary/aromatic N) is 2. The van der Waals surface area contributed by atoms with Gasteiger partial charge >= 0.3 is 0 Å². The summed E-state index contributed by atoms with van der Waals surface area (Å²) in [6.45, 7) is 6.86. The van der Waals surface area contributed by atoms with Gasteiger partial charge in [-0.25, -0.2) is 8.42 Å². The minimum absolute atomic E-state index is 0.134. The van der Waals surface area contributed by atoms with Crippen molar-refractivity contribution in [2.24, 2.45) is 0 Å². The summed E-state index contributed by atoms with van der Waals surface area (Å²) in [7, 11) is -2.86. The van der Waals surface area contributed by atoms with E-state index in [-0.39, 0.29) is 22.2 Å². The molecule has 9 nitrogen and oxygen atoms in total. The normalized spacial score (nSPS) is 11.3. The smallest absolute Gasteiger partial charge is 0.273 e. The molecule has 190 valence electrons. The molecular weight excluding hydrogens is 482 g/mol. The number of carbonyl (C=O) groups is 1. The molecule has 0 saturated carbocycles. The first kappa shape index (κ1) is 26.7. The molecule has 0 heterocycles. The predicted molar refractivity (Wildman–Crippen MR) is 139 cm³/mol. The zero-order chi connectivity index (χ0) is 26.6. The molecule has 3 rings (SSSR count). The molecule has 0 aromatic heterocycles. The fourth-order valence-electron chi connectivity index (χ4n) is 3.79. The third-order valence-corrected chi connectivity index (χ3v) is 7.57. The van der Waals surface area contributed by atoms with Gasteiger partial charge in [0.05, 0.1) is 22.6 Å². The number of para-hydroxylation sites is 1. The lowest BCUT2D eigenvalue weighted by molar-refractivity contribution is -0.385. The number of anilines is 2. The first-order chi connectivity index (χ1) is 16.9. The number of ether oxygens (including phenoxy) is 1. The van der Waals surface area contributed by atoms with Gasteiger partial charge in [-0.2, -0.15) is 0 Å². The molecule has 3 aromatic carbocycles. The number of hydrogen-bond acceptors (Lipinski definition) is 6. The average molecular weight is 512 g/mol. The molecule has 1 amide bonds. The fraction of sp³-hybridized carbons (Fsp3) is 0.269. The fourth-order valence-corrected chi connectivity index (χ4v) is 5.23. The number of sulfonamides is 1. The summed E-state index contributed by atoms with van der Waals surface area (Å²) < 4.78 is 33.5. The number of benzene rings is 3. The van der Waals surface area contributed by atoms with Crippen molar-refractivity contribution in [1.29, 1.82) is 0 Å². The van der Waals surface area contributed by atoms with Crippen molar-refractivity contribution in [2.45, 2.75) is 38.5 Å². The number of nitro benzene ring substituents is 1. The molecule has 0 fully saturated rings. The van der Waals surface area contributed by atoms with Gasteiger partial charge in [-0.05, 0) is 61.2 Å². The van der Waals surface area contributed by atoms with Crippen LogP contribution in [0.3, 0.4) is 0 Å². The van der Waals surface area contributed by atoms with Crippen LogP contribution in [0.2, 0.25) is 0 Å². The number of aryl methyl sites for hydroxylation is 2. The Kier molecular flexibility index (Phi) is 7.99. The van der Waals surface area contributed by atoms with Gasteiger partial charge in [0.2, 0.25) is 5.91 Å². The maximum atomic E-state index is 13.7. The van der Waals surface area contributed by atoms with Crippen LogP contribution in [0.15, 0.2) is 65.6 Å². The molecule has 0 atom stereocenters. The summed E-state index contributed by atoms with van der Waals surface area (Å²) in [5.74, 6) is 0.0925. The Morgan fingerprint density at radius 2 is 1.72 bits per heavy atom. The zero-order valence-corrected chi connectivity index (χ0v) is 21.6. The van der Waals surface area contributed by atoms with E-state index in [1.54, 1.807) is 12.1 Å². The van der Waals surface area contributed by atoms with Crippen LogP contribution in [0.25, 0.3) is 0 Å². The number of amides is 1. The van der Waals surface area contributed by atoms with Crippen molar-refractivity contribution in [1.82, 2.24) is 0 Å². The second kappa shape index (κ2) is 10.8. The zero-order valence-electron chi connectivity index (χ0n) is 20.8. The Labute approximate surface area is 210 Å². The maximum Gasteiger partial charge on any atom is 0.273 e. The Balaban J connectivity index is 2.05. The van der Waals surface area contributed by atoms with E-state index in [1.165, 1.54) is 38.3 Å². The van der Waals surface area contributed by atoms with E-state index in [4.69, 9.17) is 4.74 Å². The molecule has 0 radical (unpaired) electrons. The van der Waals surface area contributed by atoms with Gasteiger partial charge in [-0.3, -0.25) is 19.2 Å². The van der Waals surface area contributed by atoms with Crippen molar-refractivity contribution in [3.63, 3.8) is 0 Å². The molecule has 36 heavy (non-hydrogen) atoms. The van der Waals surface area contributed by atoms with Crippen molar-refractivity contribution in [2.75, 3.05) is 23.3 Å². The number of nitro groups is 1. The predicted octanol–water partition coefficient (Wildman–Crippen LogP) is 5.18. The van der Waals surface area contributed by atoms with E-state index >= 15 is 0 Å². The second-order valence-electron chi connectivity index (χ2n) is 8.66. The van der Waals surface area contributed by atoms with Gasteiger partial charge in [-0.15, -0.1) is 0 Å². The van der Waals surface area contributed by atoms with E-state index in [0.717, 1.165) is 21.5 Å². The quantitative estimate of drug-likeness (QED) is 0.312. The van der Waals surface area contributed by atoms with E-state index in [0.29, 0.717) is 17.0 Å². The Morgan fingerprint density at radius 1 is 1.06 bits per heavy atom. The van der Waals surface area contributed by atoms with Gasteiger partial charge in [-0.1, -0.05) is 38.1 Å². The molecule has 0 aliphatic carbocycles. The van der Waals surface area contributed by atoms with Crippen molar-refractivity contribution < 1.29 is 22.9 Å². The Morgan fingerprint density at radius 3 is 2.31 bits per heavy atom. The van der Waals surface area contributed by atoms with Crippen LogP contribution in [0.4, 0.5) is 17.1 Å². The molecule has 0 bridgehead atoms. The minimum Gasteiger partial charge on any atom is -0.497 e. The van der Waals surface area contributed by atoms with Gasteiger partial charge in [0, 0.05) is 17.3 Å². The van der Waals surface area contributed by atoms with Crippen molar-refractivity contribution in [3.8, 4) is 5.75 Å². The molecule has 3 aromatic rings. The topological polar surface area (TPSA) is 119 Å². The largest absolute Gasteiger partial charge is 0.497 e. The molecule has 0 unspecified atom stereocenters. The SMILES string of the molecule is COc1ccc(N(CC(=O)Nc2c(C)cccc2C(C)C)S(=O)(=O)c2ccc(C)c([N+](=O)[O-])c2)cc1. The number of hydrogen-bond donors (Lipinski definition) is 1. The van der Waals surface area contributed by atoms with E-state index in [9.17, 15) is 23.3 Å². The van der Waals surface area contributed by atoms with E-state index < -0.39 is 27.4 Å². The lowest BCUT2D eigenvalue weighted by Crippen LogP contribution is -2.38. The van der Waals surface area contributed by atoms with Crippen molar-refractivity contribution >= 4 is 33.0 Å². The molecule has 0 saturated heterocycles. The number of nitrogens with one attached hydrogen (secondary N) is 1. The van der Waals surface area contributed by atoms with Crippen LogP contribution < -0.4 is 14.4 Å². The molecule has 10 heteroatoms. The molecule has 0 spiro atoms. The van der Waals surface area contributed by atoms with Crippen LogP contribution in [0.1, 0.15) is 36.5 Å². The highest BCUT2D eigenvalue weighted by Crippen LogP contribution is 2.30. The van der Waals surface area contributed by atoms with Gasteiger partial charge in [0.15, 0.2) is 0 Å². The van der Waals surface area contributed by atoms with Gasteiger partial charge < -0.3 is 10.1 Å². The summed E-state index contributed by atoms with van der Waals surface area (Å²) in [5.41, 5.74) is 2.63. The third-order valence-electron chi connectivity index (χ3n) is 5.80. The second-order valence-corrected chi connectivity index (χ2v) is 10.5. The van der Waals surface area contributed by atoms with E-state index in [2.05, 4.69) is 5.32 Å². The highest BCUT2D eigenvalue weighted by Gasteiger charge is 2.29. The van der Waals surface area contributed by atoms with Crippen LogP contribution >= 0.6 is 0 Å². The molecule has 0 aliphatic rings. The van der Waals surface area contributed by atoms with Crippen LogP contribution in [0.5, 0.6) is 5.75 Å². The lowest BCUT2D eigenvalue weighted by Gasteiger charge is -2.25. The number of methoxy groups -OCH3 is 1. The number of rotatable bonds is 9. The van der Waals surface area contributed by atoms with Crippen LogP contribution in [-0.4, -0.2) is 32.9 Å². The average Bonchev–Trinajstić information content (AvgIpc) is 2.83. The van der Waals surface area contributed by atoms with Gasteiger partial charge in [0.25, 0.3) is 15.7 Å². The summed E-state index contributed by atoms with van der Waals surface area (Å²) in [6, 6.07) is 15.5. The number of carbonyl (C=O) groups excluding carboxylic acids is 1. The first-order valence-electron chi connectivity index (χ1n) is 11.3. The molecule has 1 N–H and O–H groups in total. The van der Waals surface area contributed by atoms with Crippen LogP contribution in [-0.2, 0) is 14.8 Å². The molecular formula is C26H29N3O6S. The van der Waals surface area contributed by atoms with E-state index in [1.807, 2.05) is 39.0 Å². The lowest BCUT2D eigenvalue weighted by atomic mass is 9.98. The third kappa shape index (κ3) is 5.65. The highest BCUT2D eigenvalue weighted by molar-refractivity contribution is 7.92. The Bertz CT molecular complexity index is 1390. The van der Waals surface area contributed by atoms with Gasteiger partial charge in [0.1, 0.15) is 12.3 Å². The Hall–Kier alpha value is -3.92. The first-order valence-corrected chi connectivity index (χ1v) is 12.7.